The SMILES string of the molecule is C=CC(C)(CCC=C(C)C)O[C@@H]1O[C@H](CO)[C@@H](O)[C@H](O)[C@H]1O[C@@H]1O[C@@H](C)[C@H](O)[C@@H](O)[C@H]1O. The molecule has 2 aliphatic rings. The van der Waals surface area contributed by atoms with Crippen LogP contribution in [0.4, 0.5) is 0 Å². The highest BCUT2D eigenvalue weighted by atomic mass is 16.8. The van der Waals surface area contributed by atoms with Crippen molar-refractivity contribution in [3.8, 4) is 0 Å². The van der Waals surface area contributed by atoms with E-state index >= 15 is 0 Å². The van der Waals surface area contributed by atoms with Crippen LogP contribution < -0.4 is 0 Å². The molecule has 0 radical (unpaired) electrons. The van der Waals surface area contributed by atoms with E-state index in [0.717, 1.165) is 5.57 Å². The molecular weight excluding hydrogens is 424 g/mol. The summed E-state index contributed by atoms with van der Waals surface area (Å²) in [7, 11) is 0. The lowest BCUT2D eigenvalue weighted by molar-refractivity contribution is -0.373. The number of aliphatic hydroxyl groups excluding tert-OH is 6. The molecule has 2 fully saturated rings. The Hall–Kier alpha value is -0.920. The van der Waals surface area contributed by atoms with E-state index in [-0.39, 0.29) is 0 Å². The van der Waals surface area contributed by atoms with Crippen LogP contribution in [0.5, 0.6) is 0 Å². The van der Waals surface area contributed by atoms with Crippen LogP contribution in [0.15, 0.2) is 24.3 Å². The van der Waals surface area contributed by atoms with Gasteiger partial charge in [0.1, 0.15) is 42.7 Å². The Kier molecular flexibility index (Phi) is 9.80. The molecule has 2 saturated heterocycles. The fourth-order valence-electron chi connectivity index (χ4n) is 3.70. The second kappa shape index (κ2) is 11.5. The third-order valence-corrected chi connectivity index (χ3v) is 5.93. The van der Waals surface area contributed by atoms with Gasteiger partial charge in [-0.15, -0.1) is 6.58 Å². The van der Waals surface area contributed by atoms with Crippen LogP contribution in [0.3, 0.4) is 0 Å². The molecular formula is C22H38O10. The van der Waals surface area contributed by atoms with Gasteiger partial charge in [-0.05, 0) is 40.5 Å². The summed E-state index contributed by atoms with van der Waals surface area (Å²) in [5, 5.41) is 60.8. The molecule has 10 nitrogen and oxygen atoms in total. The zero-order chi connectivity index (χ0) is 24.2. The Morgan fingerprint density at radius 3 is 2.19 bits per heavy atom. The van der Waals surface area contributed by atoms with Gasteiger partial charge in [-0.25, -0.2) is 0 Å². The molecule has 1 unspecified atom stereocenters. The average Bonchev–Trinajstić information content (AvgIpc) is 2.74. The van der Waals surface area contributed by atoms with Crippen molar-refractivity contribution < 1.29 is 49.6 Å². The topological polar surface area (TPSA) is 158 Å². The van der Waals surface area contributed by atoms with Crippen LogP contribution in [0.2, 0.25) is 0 Å². The zero-order valence-electron chi connectivity index (χ0n) is 19.1. The maximum atomic E-state index is 10.7. The van der Waals surface area contributed by atoms with E-state index in [1.165, 1.54) is 6.92 Å². The maximum absolute atomic E-state index is 10.7. The fraction of sp³-hybridized carbons (Fsp3) is 0.818. The van der Waals surface area contributed by atoms with E-state index in [1.807, 2.05) is 19.9 Å². The van der Waals surface area contributed by atoms with Crippen LogP contribution >= 0.6 is 0 Å². The number of allylic oxidation sites excluding steroid dienone is 2. The molecule has 0 bridgehead atoms. The van der Waals surface area contributed by atoms with E-state index in [0.29, 0.717) is 12.8 Å². The van der Waals surface area contributed by atoms with Crippen LogP contribution in [0, 0.1) is 0 Å². The van der Waals surface area contributed by atoms with Gasteiger partial charge in [-0.3, -0.25) is 0 Å². The minimum absolute atomic E-state index is 0.529. The summed E-state index contributed by atoms with van der Waals surface area (Å²) >= 11 is 0. The summed E-state index contributed by atoms with van der Waals surface area (Å²) in [6.07, 6.45) is -8.75. The molecule has 0 aromatic heterocycles. The Morgan fingerprint density at radius 2 is 1.62 bits per heavy atom. The van der Waals surface area contributed by atoms with Gasteiger partial charge >= 0.3 is 0 Å². The lowest BCUT2D eigenvalue weighted by atomic mass is 9.96. The Bertz CT molecular complexity index is 638. The van der Waals surface area contributed by atoms with Crippen molar-refractivity contribution in [2.24, 2.45) is 0 Å². The number of rotatable bonds is 9. The first-order valence-electron chi connectivity index (χ1n) is 10.9. The first-order chi connectivity index (χ1) is 14.9. The van der Waals surface area contributed by atoms with Crippen molar-refractivity contribution in [2.75, 3.05) is 6.61 Å². The number of ether oxygens (including phenoxy) is 4. The standard InChI is InChI=1S/C22H38O10/c1-6-22(5,9-7-8-11(2)3)32-21-19(17(27)15(25)13(10-23)30-21)31-20-18(28)16(26)14(24)12(4)29-20/h6,8,12-21,23-28H,1,7,9-10H2,2-5H3/t12-,13+,14-,15+,16+,17-,18+,19+,20-,21-,22?/m0/s1. The van der Waals surface area contributed by atoms with Gasteiger partial charge in [-0.2, -0.15) is 0 Å². The second-order valence-corrected chi connectivity index (χ2v) is 8.94. The molecule has 32 heavy (non-hydrogen) atoms. The Labute approximate surface area is 188 Å². The van der Waals surface area contributed by atoms with Gasteiger partial charge in [-0.1, -0.05) is 17.7 Å². The third-order valence-electron chi connectivity index (χ3n) is 5.93. The quantitative estimate of drug-likeness (QED) is 0.243. The number of hydrogen-bond acceptors (Lipinski definition) is 10. The van der Waals surface area contributed by atoms with Crippen LogP contribution in [0.1, 0.15) is 40.5 Å². The van der Waals surface area contributed by atoms with Gasteiger partial charge in [0, 0.05) is 0 Å². The zero-order valence-corrected chi connectivity index (χ0v) is 19.1. The van der Waals surface area contributed by atoms with E-state index in [9.17, 15) is 30.6 Å². The largest absolute Gasteiger partial charge is 0.394 e. The lowest BCUT2D eigenvalue weighted by Gasteiger charge is -2.47. The van der Waals surface area contributed by atoms with E-state index < -0.39 is 73.6 Å². The van der Waals surface area contributed by atoms with Crippen molar-refractivity contribution in [3.63, 3.8) is 0 Å². The highest BCUT2D eigenvalue weighted by molar-refractivity contribution is 5.01. The van der Waals surface area contributed by atoms with E-state index in [4.69, 9.17) is 18.9 Å². The molecule has 0 aromatic carbocycles. The van der Waals surface area contributed by atoms with Crippen molar-refractivity contribution >= 4 is 0 Å². The molecule has 6 N–H and O–H groups in total. The molecule has 2 rings (SSSR count). The molecule has 2 heterocycles. The normalized spacial score (nSPS) is 42.2. The predicted molar refractivity (Wildman–Crippen MR) is 113 cm³/mol. The molecule has 0 aromatic rings. The summed E-state index contributed by atoms with van der Waals surface area (Å²) in [6.45, 7) is 10.5. The van der Waals surface area contributed by atoms with Crippen molar-refractivity contribution in [1.82, 2.24) is 0 Å². The van der Waals surface area contributed by atoms with E-state index in [1.54, 1.807) is 13.0 Å². The van der Waals surface area contributed by atoms with Crippen LogP contribution in [-0.4, -0.2) is 104 Å². The first kappa shape index (κ1) is 27.3. The molecule has 0 spiro atoms. The monoisotopic (exact) mass is 462 g/mol. The minimum Gasteiger partial charge on any atom is -0.394 e. The summed E-state index contributed by atoms with van der Waals surface area (Å²) in [4.78, 5) is 0. The number of aliphatic hydroxyl groups is 6. The van der Waals surface area contributed by atoms with Crippen molar-refractivity contribution in [3.05, 3.63) is 24.3 Å². The van der Waals surface area contributed by atoms with Crippen molar-refractivity contribution in [2.45, 2.75) is 108 Å². The Balaban J connectivity index is 2.24. The van der Waals surface area contributed by atoms with Gasteiger partial charge in [0.2, 0.25) is 0 Å². The summed E-state index contributed by atoms with van der Waals surface area (Å²) in [5.74, 6) is 0. The predicted octanol–water partition coefficient (Wildman–Crippen LogP) is -0.654. The lowest BCUT2D eigenvalue weighted by Crippen LogP contribution is -2.64. The summed E-state index contributed by atoms with van der Waals surface area (Å²) < 4.78 is 23.0. The summed E-state index contributed by atoms with van der Waals surface area (Å²) in [5.41, 5.74) is 0.235. The van der Waals surface area contributed by atoms with Gasteiger partial charge in [0.15, 0.2) is 12.6 Å². The minimum atomic E-state index is -1.62. The highest BCUT2D eigenvalue weighted by Crippen LogP contribution is 2.33. The second-order valence-electron chi connectivity index (χ2n) is 8.94. The van der Waals surface area contributed by atoms with Gasteiger partial charge in [0.05, 0.1) is 18.3 Å². The molecule has 11 atom stereocenters. The molecule has 186 valence electrons. The van der Waals surface area contributed by atoms with Crippen LogP contribution in [0.25, 0.3) is 0 Å². The van der Waals surface area contributed by atoms with Crippen molar-refractivity contribution in [1.29, 1.82) is 0 Å². The highest BCUT2D eigenvalue weighted by Gasteiger charge is 2.51. The van der Waals surface area contributed by atoms with Gasteiger partial charge < -0.3 is 49.6 Å². The maximum Gasteiger partial charge on any atom is 0.188 e. The third kappa shape index (κ3) is 6.35. The van der Waals surface area contributed by atoms with E-state index in [2.05, 4.69) is 6.58 Å². The first-order valence-corrected chi connectivity index (χ1v) is 10.9. The summed E-state index contributed by atoms with van der Waals surface area (Å²) in [6, 6.07) is 0. The number of hydrogen-bond donors (Lipinski definition) is 6. The molecule has 0 amide bonds. The smallest absolute Gasteiger partial charge is 0.188 e. The molecule has 0 aliphatic carbocycles. The average molecular weight is 463 g/mol. The van der Waals surface area contributed by atoms with Gasteiger partial charge in [0.25, 0.3) is 0 Å². The van der Waals surface area contributed by atoms with Crippen LogP contribution in [-0.2, 0) is 18.9 Å². The molecule has 10 heteroatoms. The molecule has 2 aliphatic heterocycles. The Morgan fingerprint density at radius 1 is 0.969 bits per heavy atom. The fourth-order valence-corrected chi connectivity index (χ4v) is 3.70. The molecule has 0 saturated carbocycles.